The van der Waals surface area contributed by atoms with Gasteiger partial charge >= 0.3 is 0 Å². The summed E-state index contributed by atoms with van der Waals surface area (Å²) >= 11 is 0. The Bertz CT molecular complexity index is 206. The molecule has 0 aliphatic carbocycles. The van der Waals surface area contributed by atoms with Crippen LogP contribution in [0, 0.1) is 0 Å². The molecular formula is C16H35N3. The van der Waals surface area contributed by atoms with Crippen molar-refractivity contribution in [3.63, 3.8) is 0 Å². The molecule has 1 aliphatic heterocycles. The number of likely N-dealkylation sites (tertiary alicyclic amines) is 1. The van der Waals surface area contributed by atoms with Gasteiger partial charge in [-0.15, -0.1) is 0 Å². The van der Waals surface area contributed by atoms with Gasteiger partial charge in [0.25, 0.3) is 0 Å². The first-order valence-electron chi connectivity index (χ1n) is 8.33. The average molecular weight is 269 g/mol. The van der Waals surface area contributed by atoms with Gasteiger partial charge in [0.15, 0.2) is 0 Å². The van der Waals surface area contributed by atoms with Crippen LogP contribution >= 0.6 is 0 Å². The van der Waals surface area contributed by atoms with Crippen LogP contribution in [0.1, 0.15) is 51.9 Å². The van der Waals surface area contributed by atoms with Crippen molar-refractivity contribution in [1.29, 1.82) is 0 Å². The van der Waals surface area contributed by atoms with Crippen molar-refractivity contribution >= 4 is 0 Å². The van der Waals surface area contributed by atoms with E-state index in [0.29, 0.717) is 0 Å². The average Bonchev–Trinajstić information content (AvgIpc) is 2.42. The van der Waals surface area contributed by atoms with Crippen LogP contribution in [0.25, 0.3) is 0 Å². The molecule has 0 aromatic carbocycles. The van der Waals surface area contributed by atoms with Crippen LogP contribution in [-0.2, 0) is 0 Å². The number of rotatable bonds is 10. The van der Waals surface area contributed by atoms with E-state index < -0.39 is 0 Å². The summed E-state index contributed by atoms with van der Waals surface area (Å²) in [6, 6.07) is 0.784. The van der Waals surface area contributed by atoms with E-state index in [-0.39, 0.29) is 0 Å². The monoisotopic (exact) mass is 269 g/mol. The van der Waals surface area contributed by atoms with E-state index in [2.05, 4.69) is 36.1 Å². The summed E-state index contributed by atoms with van der Waals surface area (Å²) < 4.78 is 0. The second-order valence-electron chi connectivity index (χ2n) is 6.22. The molecule has 1 N–H and O–H groups in total. The lowest BCUT2D eigenvalue weighted by Crippen LogP contribution is -2.45. The molecule has 114 valence electrons. The van der Waals surface area contributed by atoms with Gasteiger partial charge in [0.1, 0.15) is 0 Å². The van der Waals surface area contributed by atoms with E-state index >= 15 is 0 Å². The maximum absolute atomic E-state index is 3.48. The number of likely N-dealkylation sites (N-methyl/N-ethyl adjacent to an activating group) is 1. The van der Waals surface area contributed by atoms with Crippen LogP contribution in [0.3, 0.4) is 0 Å². The Labute approximate surface area is 120 Å². The zero-order valence-electron chi connectivity index (χ0n) is 13.5. The number of unbranched alkanes of at least 4 members (excludes halogenated alkanes) is 3. The Kier molecular flexibility index (Phi) is 9.48. The highest BCUT2D eigenvalue weighted by atomic mass is 15.2. The summed E-state index contributed by atoms with van der Waals surface area (Å²) in [6.07, 6.45) is 9.53. The van der Waals surface area contributed by atoms with Gasteiger partial charge in [-0.2, -0.15) is 0 Å². The van der Waals surface area contributed by atoms with Crippen molar-refractivity contribution in [3.05, 3.63) is 0 Å². The molecule has 1 rings (SSSR count). The van der Waals surface area contributed by atoms with E-state index in [0.717, 1.165) is 6.04 Å². The Morgan fingerprint density at radius 3 is 2.63 bits per heavy atom. The zero-order valence-corrected chi connectivity index (χ0v) is 13.5. The summed E-state index contributed by atoms with van der Waals surface area (Å²) in [5.41, 5.74) is 0. The van der Waals surface area contributed by atoms with Crippen molar-refractivity contribution < 1.29 is 0 Å². The number of piperidine rings is 1. The molecule has 0 bridgehead atoms. The molecule has 1 fully saturated rings. The predicted molar refractivity (Wildman–Crippen MR) is 84.8 cm³/mol. The van der Waals surface area contributed by atoms with E-state index in [1.165, 1.54) is 77.7 Å². The molecule has 19 heavy (non-hydrogen) atoms. The summed E-state index contributed by atoms with van der Waals surface area (Å²) in [5, 5.41) is 3.48. The van der Waals surface area contributed by atoms with Gasteiger partial charge < -0.3 is 15.1 Å². The Morgan fingerprint density at radius 2 is 1.89 bits per heavy atom. The van der Waals surface area contributed by atoms with Crippen molar-refractivity contribution in [2.75, 3.05) is 46.8 Å². The van der Waals surface area contributed by atoms with E-state index in [9.17, 15) is 0 Å². The minimum Gasteiger partial charge on any atom is -0.317 e. The van der Waals surface area contributed by atoms with Gasteiger partial charge in [-0.25, -0.2) is 0 Å². The van der Waals surface area contributed by atoms with E-state index in [4.69, 9.17) is 0 Å². The van der Waals surface area contributed by atoms with Crippen molar-refractivity contribution in [1.82, 2.24) is 15.1 Å². The van der Waals surface area contributed by atoms with Gasteiger partial charge in [0.2, 0.25) is 0 Å². The van der Waals surface area contributed by atoms with Crippen LogP contribution < -0.4 is 5.32 Å². The summed E-state index contributed by atoms with van der Waals surface area (Å²) in [5.74, 6) is 0. The molecule has 0 radical (unpaired) electrons. The highest BCUT2D eigenvalue weighted by molar-refractivity contribution is 4.77. The minimum atomic E-state index is 0.784. The second-order valence-corrected chi connectivity index (χ2v) is 6.22. The van der Waals surface area contributed by atoms with Gasteiger partial charge in [-0.1, -0.05) is 19.8 Å². The molecule has 3 nitrogen and oxygen atoms in total. The van der Waals surface area contributed by atoms with Gasteiger partial charge in [0, 0.05) is 12.6 Å². The third-order valence-electron chi connectivity index (χ3n) is 4.22. The zero-order chi connectivity index (χ0) is 13.9. The van der Waals surface area contributed by atoms with Crippen LogP contribution in [0.4, 0.5) is 0 Å². The molecule has 0 amide bonds. The third-order valence-corrected chi connectivity index (χ3v) is 4.22. The molecule has 0 aromatic heterocycles. The number of nitrogens with zero attached hydrogens (tertiary/aromatic N) is 2. The first kappa shape index (κ1) is 16.9. The SMILES string of the molecule is CCCNCCCCCCN1CCCC(N(C)C)C1. The number of nitrogens with one attached hydrogen (secondary N) is 1. The molecule has 1 atom stereocenters. The molecule has 1 unspecified atom stereocenters. The molecule has 3 heteroatoms. The van der Waals surface area contributed by atoms with Crippen LogP contribution in [0.5, 0.6) is 0 Å². The Morgan fingerprint density at radius 1 is 1.11 bits per heavy atom. The highest BCUT2D eigenvalue weighted by Gasteiger charge is 2.20. The van der Waals surface area contributed by atoms with Crippen molar-refractivity contribution in [2.45, 2.75) is 57.9 Å². The second kappa shape index (κ2) is 10.6. The minimum absolute atomic E-state index is 0.784. The molecule has 0 saturated carbocycles. The van der Waals surface area contributed by atoms with Crippen LogP contribution in [0.15, 0.2) is 0 Å². The topological polar surface area (TPSA) is 18.5 Å². The molecule has 1 saturated heterocycles. The fourth-order valence-electron chi connectivity index (χ4n) is 2.90. The standard InChI is InChI=1S/C16H35N3/c1-4-11-17-12-7-5-6-8-13-19-14-9-10-16(15-19)18(2)3/h16-17H,4-15H2,1-3H3. The van der Waals surface area contributed by atoms with Gasteiger partial charge in [-0.3, -0.25) is 0 Å². The van der Waals surface area contributed by atoms with Gasteiger partial charge in [0.05, 0.1) is 0 Å². The maximum Gasteiger partial charge on any atom is 0.0217 e. The van der Waals surface area contributed by atoms with Crippen LogP contribution in [0.2, 0.25) is 0 Å². The normalized spacial score (nSPS) is 21.2. The molecule has 0 spiro atoms. The smallest absolute Gasteiger partial charge is 0.0217 e. The van der Waals surface area contributed by atoms with E-state index in [1.54, 1.807) is 0 Å². The quantitative estimate of drug-likeness (QED) is 0.615. The molecule has 1 aliphatic rings. The highest BCUT2D eigenvalue weighted by Crippen LogP contribution is 2.14. The fraction of sp³-hybridized carbons (Fsp3) is 1.00. The van der Waals surface area contributed by atoms with Crippen molar-refractivity contribution in [2.24, 2.45) is 0 Å². The lowest BCUT2D eigenvalue weighted by Gasteiger charge is -2.36. The molecule has 1 heterocycles. The molecular weight excluding hydrogens is 234 g/mol. The summed E-state index contributed by atoms with van der Waals surface area (Å²) in [7, 11) is 4.44. The van der Waals surface area contributed by atoms with Crippen molar-refractivity contribution in [3.8, 4) is 0 Å². The van der Waals surface area contributed by atoms with Crippen LogP contribution in [-0.4, -0.2) is 62.7 Å². The predicted octanol–water partition coefficient (Wildman–Crippen LogP) is 2.57. The summed E-state index contributed by atoms with van der Waals surface area (Å²) in [6.45, 7) is 8.53. The maximum atomic E-state index is 3.48. The largest absolute Gasteiger partial charge is 0.317 e. The van der Waals surface area contributed by atoms with Gasteiger partial charge in [-0.05, 0) is 72.4 Å². The lowest BCUT2D eigenvalue weighted by atomic mass is 10.0. The first-order valence-corrected chi connectivity index (χ1v) is 8.33. The van der Waals surface area contributed by atoms with E-state index in [1.807, 2.05) is 0 Å². The first-order chi connectivity index (χ1) is 9.24. The number of hydrogen-bond donors (Lipinski definition) is 1. The Hall–Kier alpha value is -0.120. The molecule has 0 aromatic rings. The fourth-order valence-corrected chi connectivity index (χ4v) is 2.90. The third kappa shape index (κ3) is 7.91. The summed E-state index contributed by atoms with van der Waals surface area (Å²) in [4.78, 5) is 5.06. The lowest BCUT2D eigenvalue weighted by molar-refractivity contribution is 0.131. The Balaban J connectivity index is 1.94. The number of hydrogen-bond acceptors (Lipinski definition) is 3.